The predicted molar refractivity (Wildman–Crippen MR) is 153 cm³/mol. The molecule has 1 aromatic rings. The molecule has 1 rings (SSSR count). The summed E-state index contributed by atoms with van der Waals surface area (Å²) in [5.74, 6) is -3.58. The number of hydrogen-bond acceptors (Lipinski definition) is 8. The minimum Gasteiger partial charge on any atom is -0.480 e. The minimum absolute atomic E-state index is 0.00891. The van der Waals surface area contributed by atoms with E-state index in [1.807, 2.05) is 55.4 Å². The monoisotopic (exact) mass is 563 g/mol. The van der Waals surface area contributed by atoms with Crippen molar-refractivity contribution in [2.75, 3.05) is 0 Å². The van der Waals surface area contributed by atoms with Crippen molar-refractivity contribution in [3.8, 4) is 11.5 Å². The molecule has 0 fully saturated rings. The average molecular weight is 564 g/mol. The zero-order valence-electron chi connectivity index (χ0n) is 25.8. The minimum atomic E-state index is -1.35. The van der Waals surface area contributed by atoms with E-state index in [9.17, 15) is 24.3 Å². The number of carbonyl (C=O) groups excluding carboxylic acids is 3. The summed E-state index contributed by atoms with van der Waals surface area (Å²) in [6.07, 6.45) is 0.521. The highest BCUT2D eigenvalue weighted by Crippen LogP contribution is 2.38. The van der Waals surface area contributed by atoms with Crippen LogP contribution in [0, 0.1) is 22.7 Å². The summed E-state index contributed by atoms with van der Waals surface area (Å²) in [6, 6.07) is 3.21. The average Bonchev–Trinajstić information content (AvgIpc) is 2.76. The first-order chi connectivity index (χ1) is 18.2. The van der Waals surface area contributed by atoms with E-state index in [0.717, 1.165) is 0 Å². The van der Waals surface area contributed by atoms with Crippen LogP contribution >= 0.6 is 0 Å². The first kappa shape index (κ1) is 35.1. The molecule has 1 aromatic carbocycles. The molecular weight excluding hydrogens is 514 g/mol. The van der Waals surface area contributed by atoms with E-state index in [0.29, 0.717) is 17.9 Å². The molecule has 0 bridgehead atoms. The van der Waals surface area contributed by atoms with Crippen LogP contribution in [-0.2, 0) is 23.9 Å². The van der Waals surface area contributed by atoms with Gasteiger partial charge < -0.3 is 25.1 Å². The van der Waals surface area contributed by atoms with Gasteiger partial charge >= 0.3 is 23.9 Å². The Labute approximate surface area is 239 Å². The topological polar surface area (TPSA) is 142 Å². The largest absolute Gasteiger partial charge is 0.480 e. The number of hydrogen-bond donors (Lipinski definition) is 2. The summed E-state index contributed by atoms with van der Waals surface area (Å²) in [5, 5.41) is 9.81. The Morgan fingerprint density at radius 3 is 1.77 bits per heavy atom. The molecule has 40 heavy (non-hydrogen) atoms. The quantitative estimate of drug-likeness (QED) is 0.222. The summed E-state index contributed by atoms with van der Waals surface area (Å²) in [6.45, 7) is 18.9. The summed E-state index contributed by atoms with van der Waals surface area (Å²) in [7, 11) is 0. The maximum absolute atomic E-state index is 12.8. The molecule has 3 N–H and O–H groups in total. The van der Waals surface area contributed by atoms with Gasteiger partial charge in [-0.1, -0.05) is 68.4 Å². The van der Waals surface area contributed by atoms with Gasteiger partial charge in [0.05, 0.1) is 12.8 Å². The molecule has 0 aliphatic rings. The predicted octanol–water partition coefficient (Wildman–Crippen LogP) is 5.87. The fraction of sp³-hybridized carbons (Fsp3) is 0.677. The van der Waals surface area contributed by atoms with Crippen molar-refractivity contribution in [1.29, 1.82) is 0 Å². The number of ether oxygens (including phenoxy) is 3. The first-order valence-corrected chi connectivity index (χ1v) is 13.9. The van der Waals surface area contributed by atoms with Crippen LogP contribution in [0.25, 0.3) is 0 Å². The van der Waals surface area contributed by atoms with Gasteiger partial charge in [-0.25, -0.2) is 0 Å². The molecule has 0 aliphatic heterocycles. The number of carboxylic acid groups (broad SMARTS) is 1. The van der Waals surface area contributed by atoms with Gasteiger partial charge in [0.25, 0.3) is 0 Å². The number of nitrogens with two attached hydrogens (primary N) is 1. The van der Waals surface area contributed by atoms with Crippen LogP contribution in [0.1, 0.15) is 106 Å². The third kappa shape index (κ3) is 12.5. The Bertz CT molecular complexity index is 1030. The molecule has 0 aromatic heterocycles. The molecular formula is C31H49NO8. The van der Waals surface area contributed by atoms with Gasteiger partial charge in [-0.3, -0.25) is 19.2 Å². The van der Waals surface area contributed by atoms with E-state index in [-0.39, 0.29) is 47.6 Å². The Hall–Kier alpha value is -2.94. The summed E-state index contributed by atoms with van der Waals surface area (Å²) in [4.78, 5) is 49.8. The van der Waals surface area contributed by atoms with Crippen LogP contribution in [0.3, 0.4) is 0 Å². The van der Waals surface area contributed by atoms with E-state index < -0.39 is 41.9 Å². The summed E-state index contributed by atoms with van der Waals surface area (Å²) in [5.41, 5.74) is 5.92. The molecule has 0 saturated heterocycles. The van der Waals surface area contributed by atoms with Crippen LogP contribution in [0.4, 0.5) is 0 Å². The lowest BCUT2D eigenvalue weighted by molar-refractivity contribution is -0.151. The highest BCUT2D eigenvalue weighted by atomic mass is 16.6. The van der Waals surface area contributed by atoms with Crippen LogP contribution in [0.5, 0.6) is 11.5 Å². The fourth-order valence-corrected chi connectivity index (χ4v) is 4.14. The number of rotatable bonds is 13. The summed E-state index contributed by atoms with van der Waals surface area (Å²) >= 11 is 0. The Kier molecular flexibility index (Phi) is 12.8. The molecule has 3 unspecified atom stereocenters. The normalized spacial score (nSPS) is 15.1. The Morgan fingerprint density at radius 1 is 0.825 bits per heavy atom. The van der Waals surface area contributed by atoms with Crippen molar-refractivity contribution in [3.05, 3.63) is 23.8 Å². The second-order valence-electron chi connectivity index (χ2n) is 13.5. The zero-order valence-corrected chi connectivity index (χ0v) is 25.8. The molecule has 0 amide bonds. The molecule has 0 spiro atoms. The van der Waals surface area contributed by atoms with Gasteiger partial charge in [0.2, 0.25) is 0 Å². The van der Waals surface area contributed by atoms with Crippen LogP contribution in [0.15, 0.2) is 18.2 Å². The fourth-order valence-electron chi connectivity index (χ4n) is 4.14. The van der Waals surface area contributed by atoms with Crippen molar-refractivity contribution in [2.24, 2.45) is 28.4 Å². The number of carboxylic acids is 1. The molecule has 0 heterocycles. The van der Waals surface area contributed by atoms with Gasteiger partial charge in [0.1, 0.15) is 12.1 Å². The van der Waals surface area contributed by atoms with Crippen molar-refractivity contribution < 1.29 is 38.5 Å². The lowest BCUT2D eigenvalue weighted by Crippen LogP contribution is -2.42. The Morgan fingerprint density at radius 2 is 1.32 bits per heavy atom. The second kappa shape index (κ2) is 14.6. The second-order valence-corrected chi connectivity index (χ2v) is 13.5. The van der Waals surface area contributed by atoms with Gasteiger partial charge in [-0.05, 0) is 47.8 Å². The maximum atomic E-state index is 12.8. The third-order valence-electron chi connectivity index (χ3n) is 6.37. The smallest absolute Gasteiger partial charge is 0.321 e. The van der Waals surface area contributed by atoms with Crippen molar-refractivity contribution in [1.82, 2.24) is 0 Å². The van der Waals surface area contributed by atoms with Gasteiger partial charge in [0, 0.05) is 18.3 Å². The lowest BCUT2D eigenvalue weighted by atomic mass is 9.79. The SMILES string of the molecule is CC(C)CCC(=O)OC(C)C(C)C(c1ccc(OC(=O)CC(C)(C)C)c(OC(=O)CC(C)(C)C)c1)[C@H](N)C(=O)O. The van der Waals surface area contributed by atoms with Crippen molar-refractivity contribution >= 4 is 23.9 Å². The van der Waals surface area contributed by atoms with Crippen LogP contribution in [-0.4, -0.2) is 41.1 Å². The molecule has 0 aliphatic carbocycles. The molecule has 0 saturated carbocycles. The van der Waals surface area contributed by atoms with Gasteiger partial charge in [-0.2, -0.15) is 0 Å². The summed E-state index contributed by atoms with van der Waals surface area (Å²) < 4.78 is 16.8. The highest BCUT2D eigenvalue weighted by Gasteiger charge is 2.36. The molecule has 4 atom stereocenters. The van der Waals surface area contributed by atoms with E-state index in [2.05, 4.69) is 0 Å². The third-order valence-corrected chi connectivity index (χ3v) is 6.37. The van der Waals surface area contributed by atoms with Crippen LogP contribution < -0.4 is 15.2 Å². The zero-order chi connectivity index (χ0) is 31.0. The number of carbonyl (C=O) groups is 4. The van der Waals surface area contributed by atoms with E-state index in [1.165, 1.54) is 12.1 Å². The van der Waals surface area contributed by atoms with Gasteiger partial charge in [0.15, 0.2) is 11.5 Å². The standard InChI is InChI=1S/C31H49NO8/c1-18(2)11-14-24(33)38-20(4)19(3)27(28(32)29(36)37)21-12-13-22(39-25(34)16-30(5,6)7)23(15-21)40-26(35)17-31(8,9)10/h12-13,15,18-20,27-28H,11,14,16-17,32H2,1-10H3,(H,36,37)/t19?,20?,27?,28-/m0/s1. The van der Waals surface area contributed by atoms with E-state index in [1.54, 1.807) is 19.9 Å². The number of aliphatic carboxylic acids is 1. The van der Waals surface area contributed by atoms with Crippen molar-refractivity contribution in [3.63, 3.8) is 0 Å². The van der Waals surface area contributed by atoms with E-state index >= 15 is 0 Å². The van der Waals surface area contributed by atoms with Gasteiger partial charge in [-0.15, -0.1) is 0 Å². The van der Waals surface area contributed by atoms with Crippen molar-refractivity contribution in [2.45, 2.75) is 113 Å². The lowest BCUT2D eigenvalue weighted by Gasteiger charge is -2.32. The first-order valence-electron chi connectivity index (χ1n) is 13.9. The molecule has 226 valence electrons. The molecule has 0 radical (unpaired) electrons. The molecule has 9 heteroatoms. The Balaban J connectivity index is 3.45. The maximum Gasteiger partial charge on any atom is 0.321 e. The van der Waals surface area contributed by atoms with E-state index in [4.69, 9.17) is 19.9 Å². The molecule has 9 nitrogen and oxygen atoms in total. The highest BCUT2D eigenvalue weighted by molar-refractivity contribution is 5.78. The van der Waals surface area contributed by atoms with Crippen LogP contribution in [0.2, 0.25) is 0 Å². The number of esters is 3. The number of benzene rings is 1.